The number of carbonyl (C=O) groups excluding carboxylic acids is 1. The number of hydrogen-bond donors (Lipinski definition) is 1. The fourth-order valence-corrected chi connectivity index (χ4v) is 6.98. The number of methoxy groups -OCH3 is 1. The molecule has 0 atom stereocenters. The summed E-state index contributed by atoms with van der Waals surface area (Å²) in [7, 11) is 1.46. The summed E-state index contributed by atoms with van der Waals surface area (Å²) in [4.78, 5) is 33.8. The van der Waals surface area contributed by atoms with E-state index in [4.69, 9.17) is 26.4 Å². The second kappa shape index (κ2) is 15.0. The number of benzene rings is 3. The summed E-state index contributed by atoms with van der Waals surface area (Å²) in [5.41, 5.74) is 3.91. The molecular weight excluding hydrogens is 635 g/mol. The number of fused-ring (bicyclic) bond motifs is 1. The van der Waals surface area contributed by atoms with Crippen LogP contribution in [0, 0.1) is 0 Å². The zero-order valence-corrected chi connectivity index (χ0v) is 27.6. The first kappa shape index (κ1) is 32.5. The number of rotatable bonds is 13. The lowest BCUT2D eigenvalue weighted by Gasteiger charge is -2.17. The summed E-state index contributed by atoms with van der Waals surface area (Å²) >= 11 is 6.89. The summed E-state index contributed by atoms with van der Waals surface area (Å²) in [6, 6.07) is 20.7. The number of carbonyl (C=O) groups is 2. The molecule has 4 aromatic rings. The number of aromatic carboxylic acids is 1. The number of amides is 1. The van der Waals surface area contributed by atoms with Crippen LogP contribution in [0.25, 0.3) is 28.1 Å². The van der Waals surface area contributed by atoms with E-state index in [1.165, 1.54) is 43.8 Å². The summed E-state index contributed by atoms with van der Waals surface area (Å²) in [5, 5.41) is 10.3. The molecule has 6 rings (SSSR count). The van der Waals surface area contributed by atoms with Gasteiger partial charge >= 0.3 is 5.97 Å². The highest BCUT2D eigenvalue weighted by Gasteiger charge is 2.32. The number of hydrogen-bond acceptors (Lipinski definition) is 9. The third-order valence-electron chi connectivity index (χ3n) is 8.16. The summed E-state index contributed by atoms with van der Waals surface area (Å²) in [6.07, 6.45) is 6.63. The maximum Gasteiger partial charge on any atom is 0.335 e. The minimum Gasteiger partial charge on any atom is -0.493 e. The minimum absolute atomic E-state index is 0.110. The van der Waals surface area contributed by atoms with Gasteiger partial charge in [0.15, 0.2) is 11.5 Å². The van der Waals surface area contributed by atoms with Crippen LogP contribution in [0.5, 0.6) is 17.2 Å². The summed E-state index contributed by atoms with van der Waals surface area (Å²) in [5.74, 6) is 0.281. The standard InChI is InChI=1S/C36H35N3O6S2/c1-43-32-22-27(35(41)42)9-12-31(32)44-18-5-16-39-34(40)33(47-36(39)46)23-28-21-25(24-7-10-29-26(20-24)6-4-13-37-29)8-11-30(28)45-19-17-38-14-2-3-15-38/h4,6-13,20-23H,2-3,5,14-19H2,1H3,(H,41,42). The summed E-state index contributed by atoms with van der Waals surface area (Å²) in [6.45, 7) is 4.29. The van der Waals surface area contributed by atoms with E-state index in [9.17, 15) is 14.7 Å². The van der Waals surface area contributed by atoms with E-state index < -0.39 is 5.97 Å². The molecule has 1 amide bonds. The Morgan fingerprint density at radius 1 is 0.957 bits per heavy atom. The van der Waals surface area contributed by atoms with Crippen molar-refractivity contribution < 1.29 is 28.9 Å². The fourth-order valence-electron chi connectivity index (χ4n) is 5.68. The van der Waals surface area contributed by atoms with E-state index in [1.807, 2.05) is 30.3 Å². The Bertz CT molecular complexity index is 1840. The molecule has 242 valence electrons. The van der Waals surface area contributed by atoms with Crippen molar-refractivity contribution in [1.82, 2.24) is 14.8 Å². The van der Waals surface area contributed by atoms with E-state index in [-0.39, 0.29) is 18.1 Å². The number of thiocarbonyl (C=S) groups is 1. The molecule has 2 fully saturated rings. The van der Waals surface area contributed by atoms with Crippen LogP contribution in [0.1, 0.15) is 35.2 Å². The molecule has 0 radical (unpaired) electrons. The van der Waals surface area contributed by atoms with Crippen molar-refractivity contribution in [2.75, 3.05) is 46.5 Å². The fraction of sp³-hybridized carbons (Fsp3) is 0.278. The van der Waals surface area contributed by atoms with Gasteiger partial charge in [-0.25, -0.2) is 4.79 Å². The smallest absolute Gasteiger partial charge is 0.335 e. The largest absolute Gasteiger partial charge is 0.493 e. The number of pyridine rings is 1. The number of ether oxygens (including phenoxy) is 3. The Morgan fingerprint density at radius 2 is 1.72 bits per heavy atom. The molecule has 0 unspecified atom stereocenters. The molecule has 9 nitrogen and oxygen atoms in total. The molecule has 3 heterocycles. The summed E-state index contributed by atoms with van der Waals surface area (Å²) < 4.78 is 17.9. The monoisotopic (exact) mass is 669 g/mol. The molecule has 1 N–H and O–H groups in total. The Morgan fingerprint density at radius 3 is 2.53 bits per heavy atom. The van der Waals surface area contributed by atoms with Crippen LogP contribution in [0.4, 0.5) is 0 Å². The number of thioether (sulfide) groups is 1. The van der Waals surface area contributed by atoms with Gasteiger partial charge in [-0.2, -0.15) is 0 Å². The van der Waals surface area contributed by atoms with Crippen LogP contribution in [0.3, 0.4) is 0 Å². The molecule has 1 aromatic heterocycles. The molecule has 47 heavy (non-hydrogen) atoms. The molecule has 0 aliphatic carbocycles. The zero-order valence-electron chi connectivity index (χ0n) is 26.0. The molecule has 2 saturated heterocycles. The normalized spacial score (nSPS) is 15.9. The topological polar surface area (TPSA) is 101 Å². The molecule has 0 bridgehead atoms. The van der Waals surface area contributed by atoms with Gasteiger partial charge in [-0.15, -0.1) is 0 Å². The Hall–Kier alpha value is -4.45. The lowest BCUT2D eigenvalue weighted by Crippen LogP contribution is -2.30. The van der Waals surface area contributed by atoms with Gasteiger partial charge in [0.05, 0.1) is 29.7 Å². The van der Waals surface area contributed by atoms with E-state index in [2.05, 4.69) is 34.1 Å². The average molecular weight is 670 g/mol. The lowest BCUT2D eigenvalue weighted by molar-refractivity contribution is -0.122. The van der Waals surface area contributed by atoms with Gasteiger partial charge in [-0.05, 0) is 98.1 Å². The van der Waals surface area contributed by atoms with Gasteiger partial charge in [0.1, 0.15) is 16.7 Å². The molecule has 2 aliphatic heterocycles. The highest BCUT2D eigenvalue weighted by atomic mass is 32.2. The van der Waals surface area contributed by atoms with Crippen molar-refractivity contribution in [1.29, 1.82) is 0 Å². The van der Waals surface area contributed by atoms with Crippen molar-refractivity contribution in [2.24, 2.45) is 0 Å². The Kier molecular flexibility index (Phi) is 10.4. The highest BCUT2D eigenvalue weighted by molar-refractivity contribution is 8.26. The minimum atomic E-state index is -1.05. The quantitative estimate of drug-likeness (QED) is 0.0935. The molecule has 3 aromatic carbocycles. The number of carboxylic acid groups (broad SMARTS) is 1. The highest BCUT2D eigenvalue weighted by Crippen LogP contribution is 2.36. The van der Waals surface area contributed by atoms with Crippen molar-refractivity contribution in [3.8, 4) is 28.4 Å². The lowest BCUT2D eigenvalue weighted by atomic mass is 10.0. The molecule has 0 saturated carbocycles. The van der Waals surface area contributed by atoms with Crippen molar-refractivity contribution in [3.05, 3.63) is 89.0 Å². The van der Waals surface area contributed by atoms with E-state index in [0.29, 0.717) is 40.3 Å². The SMILES string of the molecule is COc1cc(C(=O)O)ccc1OCCCN1C(=O)C(=Cc2cc(-c3ccc4ncccc4c3)ccc2OCCN2CCCC2)SC1=S. The van der Waals surface area contributed by atoms with Crippen molar-refractivity contribution in [3.63, 3.8) is 0 Å². The Balaban J connectivity index is 1.17. The maximum absolute atomic E-state index is 13.6. The van der Waals surface area contributed by atoms with Crippen molar-refractivity contribution >= 4 is 57.2 Å². The predicted octanol–water partition coefficient (Wildman–Crippen LogP) is 6.75. The predicted molar refractivity (Wildman–Crippen MR) is 188 cm³/mol. The van der Waals surface area contributed by atoms with E-state index >= 15 is 0 Å². The van der Waals surface area contributed by atoms with Gasteiger partial charge in [0.2, 0.25) is 0 Å². The van der Waals surface area contributed by atoms with Gasteiger partial charge < -0.3 is 19.3 Å². The first-order valence-corrected chi connectivity index (χ1v) is 16.8. The van der Waals surface area contributed by atoms with Gasteiger partial charge in [0.25, 0.3) is 5.91 Å². The van der Waals surface area contributed by atoms with Crippen LogP contribution in [0.15, 0.2) is 77.8 Å². The van der Waals surface area contributed by atoms with Gasteiger partial charge in [-0.3, -0.25) is 19.6 Å². The Labute approximate surface area is 283 Å². The zero-order chi connectivity index (χ0) is 32.8. The molecular formula is C36H35N3O6S2. The molecule has 11 heteroatoms. The molecule has 2 aliphatic rings. The average Bonchev–Trinajstić information content (AvgIpc) is 3.70. The van der Waals surface area contributed by atoms with Crippen LogP contribution in [-0.2, 0) is 4.79 Å². The molecule has 0 spiro atoms. The van der Waals surface area contributed by atoms with Crippen LogP contribution >= 0.6 is 24.0 Å². The third-order valence-corrected chi connectivity index (χ3v) is 9.54. The van der Waals surface area contributed by atoms with Gasteiger partial charge in [0, 0.05) is 30.2 Å². The van der Waals surface area contributed by atoms with Crippen LogP contribution in [0.2, 0.25) is 0 Å². The third kappa shape index (κ3) is 7.75. The van der Waals surface area contributed by atoms with Crippen molar-refractivity contribution in [2.45, 2.75) is 19.3 Å². The first-order chi connectivity index (χ1) is 22.9. The number of aromatic nitrogens is 1. The number of carboxylic acids is 1. The van der Waals surface area contributed by atoms with Crippen LogP contribution in [-0.4, -0.2) is 82.6 Å². The van der Waals surface area contributed by atoms with Gasteiger partial charge in [-0.1, -0.05) is 42.2 Å². The number of likely N-dealkylation sites (tertiary alicyclic amines) is 1. The van der Waals surface area contributed by atoms with E-state index in [0.717, 1.165) is 53.0 Å². The maximum atomic E-state index is 13.6. The van der Waals surface area contributed by atoms with Crippen LogP contribution < -0.4 is 14.2 Å². The second-order valence-electron chi connectivity index (χ2n) is 11.3. The second-order valence-corrected chi connectivity index (χ2v) is 12.9. The first-order valence-electron chi connectivity index (χ1n) is 15.5. The number of nitrogens with zero attached hydrogens (tertiary/aromatic N) is 3. The van der Waals surface area contributed by atoms with E-state index in [1.54, 1.807) is 17.2 Å².